The standard InChI is InChI=1S/C15H15F4N5O2/c16-9-1-3-10(4-2-9)24-13(15(17,18)19)12(22-23-24)14(26)21-6-8-5-20-7-11(8)25/h1-4,8,11,20,25H,5-7H2,(H,21,26). The second-order valence-corrected chi connectivity index (χ2v) is 5.87. The maximum absolute atomic E-state index is 13.5. The van der Waals surface area contributed by atoms with Gasteiger partial charge in [-0.05, 0) is 24.3 Å². The smallest absolute Gasteiger partial charge is 0.391 e. The first-order valence-electron chi connectivity index (χ1n) is 7.73. The van der Waals surface area contributed by atoms with Gasteiger partial charge in [0.1, 0.15) is 5.82 Å². The number of alkyl halides is 3. The molecule has 1 aromatic carbocycles. The molecule has 2 aromatic rings. The number of hydrogen-bond acceptors (Lipinski definition) is 5. The fraction of sp³-hybridized carbons (Fsp3) is 0.400. The molecule has 7 nitrogen and oxygen atoms in total. The minimum atomic E-state index is -4.90. The van der Waals surface area contributed by atoms with Gasteiger partial charge in [0, 0.05) is 25.6 Å². The minimum Gasteiger partial charge on any atom is -0.391 e. The van der Waals surface area contributed by atoms with Gasteiger partial charge >= 0.3 is 6.18 Å². The van der Waals surface area contributed by atoms with Crippen LogP contribution in [0.4, 0.5) is 17.6 Å². The Bertz CT molecular complexity index is 790. The van der Waals surface area contributed by atoms with Crippen molar-refractivity contribution in [1.82, 2.24) is 25.6 Å². The molecule has 3 N–H and O–H groups in total. The van der Waals surface area contributed by atoms with Crippen molar-refractivity contribution in [3.63, 3.8) is 0 Å². The highest BCUT2D eigenvalue weighted by molar-refractivity contribution is 5.93. The molecule has 11 heteroatoms. The largest absolute Gasteiger partial charge is 0.435 e. The van der Waals surface area contributed by atoms with Crippen molar-refractivity contribution < 1.29 is 27.5 Å². The van der Waals surface area contributed by atoms with Crippen LogP contribution in [0.25, 0.3) is 5.69 Å². The topological polar surface area (TPSA) is 92.1 Å². The van der Waals surface area contributed by atoms with Gasteiger partial charge in [-0.1, -0.05) is 5.21 Å². The molecule has 1 fully saturated rings. The predicted molar refractivity (Wildman–Crippen MR) is 81.0 cm³/mol. The molecule has 2 atom stereocenters. The fourth-order valence-corrected chi connectivity index (χ4v) is 2.69. The van der Waals surface area contributed by atoms with E-state index in [0.29, 0.717) is 17.8 Å². The van der Waals surface area contributed by atoms with E-state index >= 15 is 0 Å². The lowest BCUT2D eigenvalue weighted by Crippen LogP contribution is -2.35. The number of aliphatic hydroxyl groups excluding tert-OH is 1. The Morgan fingerprint density at radius 3 is 2.58 bits per heavy atom. The number of rotatable bonds is 4. The molecule has 0 saturated carbocycles. The Hall–Kier alpha value is -2.53. The number of halogens is 4. The molecule has 2 unspecified atom stereocenters. The number of carbonyl (C=O) groups is 1. The summed E-state index contributed by atoms with van der Waals surface area (Å²) in [7, 11) is 0. The number of nitrogens with zero attached hydrogens (tertiary/aromatic N) is 3. The van der Waals surface area contributed by atoms with Crippen molar-refractivity contribution in [2.24, 2.45) is 5.92 Å². The van der Waals surface area contributed by atoms with Crippen LogP contribution in [0.2, 0.25) is 0 Å². The number of hydrogen-bond donors (Lipinski definition) is 3. The minimum absolute atomic E-state index is 0.00624. The van der Waals surface area contributed by atoms with Crippen LogP contribution in [0.3, 0.4) is 0 Å². The van der Waals surface area contributed by atoms with E-state index < -0.39 is 35.4 Å². The van der Waals surface area contributed by atoms with Gasteiger partial charge in [-0.3, -0.25) is 4.79 Å². The molecule has 1 aromatic heterocycles. The highest BCUT2D eigenvalue weighted by Gasteiger charge is 2.42. The summed E-state index contributed by atoms with van der Waals surface area (Å²) < 4.78 is 53.8. The van der Waals surface area contributed by atoms with E-state index in [9.17, 15) is 27.5 Å². The summed E-state index contributed by atoms with van der Waals surface area (Å²) in [5.74, 6) is -1.98. The number of amides is 1. The van der Waals surface area contributed by atoms with Crippen LogP contribution < -0.4 is 10.6 Å². The second kappa shape index (κ2) is 7.00. The fourth-order valence-electron chi connectivity index (χ4n) is 2.69. The Morgan fingerprint density at radius 2 is 2.00 bits per heavy atom. The third kappa shape index (κ3) is 3.68. The van der Waals surface area contributed by atoms with E-state index in [4.69, 9.17) is 0 Å². The number of aromatic nitrogens is 3. The second-order valence-electron chi connectivity index (χ2n) is 5.87. The lowest BCUT2D eigenvalue weighted by atomic mass is 10.1. The lowest BCUT2D eigenvalue weighted by molar-refractivity contribution is -0.143. The molecule has 1 saturated heterocycles. The third-order valence-corrected chi connectivity index (χ3v) is 4.05. The van der Waals surface area contributed by atoms with Crippen LogP contribution in [-0.2, 0) is 6.18 Å². The SMILES string of the molecule is O=C(NCC1CNCC1O)c1nnn(-c2ccc(F)cc2)c1C(F)(F)F. The van der Waals surface area contributed by atoms with Gasteiger partial charge in [0.15, 0.2) is 11.4 Å². The van der Waals surface area contributed by atoms with Gasteiger partial charge in [0.05, 0.1) is 11.8 Å². The van der Waals surface area contributed by atoms with Gasteiger partial charge < -0.3 is 15.7 Å². The molecular formula is C15H15F4N5O2. The van der Waals surface area contributed by atoms with E-state index in [2.05, 4.69) is 20.9 Å². The van der Waals surface area contributed by atoms with Gasteiger partial charge in [-0.2, -0.15) is 13.2 Å². The average molecular weight is 373 g/mol. The molecule has 1 amide bonds. The molecular weight excluding hydrogens is 358 g/mol. The summed E-state index contributed by atoms with van der Waals surface area (Å²) in [4.78, 5) is 12.2. The van der Waals surface area contributed by atoms with E-state index in [1.54, 1.807) is 0 Å². The first kappa shape index (κ1) is 18.3. The summed E-state index contributed by atoms with van der Waals surface area (Å²) in [5.41, 5.74) is -2.32. The van der Waals surface area contributed by atoms with Gasteiger partial charge in [0.25, 0.3) is 5.91 Å². The number of β-amino-alcohol motifs (C(OH)–C–C–N with tert-alkyl or cyclic N) is 1. The Balaban J connectivity index is 1.87. The van der Waals surface area contributed by atoms with Gasteiger partial charge in [-0.15, -0.1) is 5.10 Å². The number of nitrogens with one attached hydrogen (secondary N) is 2. The molecule has 140 valence electrons. The molecule has 3 rings (SSSR count). The van der Waals surface area contributed by atoms with Crippen molar-refractivity contribution in [3.8, 4) is 5.69 Å². The molecule has 2 heterocycles. The number of benzene rings is 1. The van der Waals surface area contributed by atoms with Gasteiger partial charge in [0.2, 0.25) is 0 Å². The number of carbonyl (C=O) groups excluding carboxylic acids is 1. The zero-order chi connectivity index (χ0) is 18.9. The maximum Gasteiger partial charge on any atom is 0.435 e. The van der Waals surface area contributed by atoms with Crippen molar-refractivity contribution in [3.05, 3.63) is 41.5 Å². The molecule has 0 bridgehead atoms. The summed E-state index contributed by atoms with van der Waals surface area (Å²) in [5, 5.41) is 21.7. The molecule has 0 spiro atoms. The molecule has 1 aliphatic heterocycles. The lowest BCUT2D eigenvalue weighted by Gasteiger charge is -2.14. The van der Waals surface area contributed by atoms with Gasteiger partial charge in [-0.25, -0.2) is 9.07 Å². The summed E-state index contributed by atoms with van der Waals surface area (Å²) in [6, 6.07) is 4.15. The quantitative estimate of drug-likeness (QED) is 0.688. The predicted octanol–water partition coefficient (Wildman–Crippen LogP) is 0.735. The number of aliphatic hydroxyl groups is 1. The highest BCUT2D eigenvalue weighted by Crippen LogP contribution is 2.32. The van der Waals surface area contributed by atoms with Crippen molar-refractivity contribution >= 4 is 5.91 Å². The van der Waals surface area contributed by atoms with E-state index in [0.717, 1.165) is 24.3 Å². The van der Waals surface area contributed by atoms with Crippen LogP contribution in [0.15, 0.2) is 24.3 Å². The Labute approximate surface area is 145 Å². The Morgan fingerprint density at radius 1 is 1.31 bits per heavy atom. The van der Waals surface area contributed by atoms with Crippen molar-refractivity contribution in [1.29, 1.82) is 0 Å². The zero-order valence-corrected chi connectivity index (χ0v) is 13.3. The van der Waals surface area contributed by atoms with E-state index in [1.165, 1.54) is 0 Å². The highest BCUT2D eigenvalue weighted by atomic mass is 19.4. The van der Waals surface area contributed by atoms with E-state index in [-0.39, 0.29) is 18.2 Å². The molecule has 26 heavy (non-hydrogen) atoms. The summed E-state index contributed by atoms with van der Waals surface area (Å²) in [6.45, 7) is 0.790. The first-order valence-corrected chi connectivity index (χ1v) is 7.73. The van der Waals surface area contributed by atoms with Crippen LogP contribution in [-0.4, -0.2) is 51.7 Å². The van der Waals surface area contributed by atoms with Crippen LogP contribution in [0.5, 0.6) is 0 Å². The van der Waals surface area contributed by atoms with Crippen LogP contribution in [0.1, 0.15) is 16.2 Å². The first-order chi connectivity index (χ1) is 12.3. The van der Waals surface area contributed by atoms with Crippen LogP contribution in [0, 0.1) is 11.7 Å². The molecule has 1 aliphatic rings. The zero-order valence-electron chi connectivity index (χ0n) is 13.3. The normalized spacial score (nSPS) is 20.3. The molecule has 0 radical (unpaired) electrons. The third-order valence-electron chi connectivity index (χ3n) is 4.05. The van der Waals surface area contributed by atoms with Crippen molar-refractivity contribution in [2.75, 3.05) is 19.6 Å². The van der Waals surface area contributed by atoms with Crippen molar-refractivity contribution in [2.45, 2.75) is 12.3 Å². The molecule has 0 aliphatic carbocycles. The average Bonchev–Trinajstić information content (AvgIpc) is 3.19. The Kier molecular flexibility index (Phi) is 4.92. The van der Waals surface area contributed by atoms with E-state index in [1.807, 2.05) is 0 Å². The monoisotopic (exact) mass is 373 g/mol. The maximum atomic E-state index is 13.5. The summed E-state index contributed by atoms with van der Waals surface area (Å²) in [6.07, 6.45) is -5.59. The summed E-state index contributed by atoms with van der Waals surface area (Å²) >= 11 is 0. The van der Waals surface area contributed by atoms with Crippen LogP contribution >= 0.6 is 0 Å².